The average molecular weight is 462 g/mol. The highest BCUT2D eigenvalue weighted by molar-refractivity contribution is 7.93. The summed E-state index contributed by atoms with van der Waals surface area (Å²) >= 11 is 6.18. The van der Waals surface area contributed by atoms with E-state index in [9.17, 15) is 13.2 Å². The Bertz CT molecular complexity index is 1170. The van der Waals surface area contributed by atoms with Crippen molar-refractivity contribution < 1.29 is 27.4 Å². The number of hydrogen-bond acceptors (Lipinski definition) is 6. The van der Waals surface area contributed by atoms with E-state index < -0.39 is 22.5 Å². The van der Waals surface area contributed by atoms with Gasteiger partial charge in [-0.2, -0.15) is 4.31 Å². The second-order valence-electron chi connectivity index (χ2n) is 6.23. The molecule has 3 aromatic carbocycles. The maximum absolute atomic E-state index is 13.3. The zero-order chi connectivity index (χ0) is 22.4. The van der Waals surface area contributed by atoms with Gasteiger partial charge in [0, 0.05) is 0 Å². The number of carbonyl (C=O) groups excluding carboxylic acids is 1. The number of anilines is 1. The van der Waals surface area contributed by atoms with Gasteiger partial charge in [-0.15, -0.1) is 0 Å². The summed E-state index contributed by atoms with van der Waals surface area (Å²) in [5.74, 6) is 0.264. The zero-order valence-corrected chi connectivity index (χ0v) is 18.4. The topological polar surface area (TPSA) is 82.1 Å². The van der Waals surface area contributed by atoms with E-state index in [0.717, 1.165) is 0 Å². The van der Waals surface area contributed by atoms with Crippen LogP contribution in [0.2, 0.25) is 5.02 Å². The second kappa shape index (κ2) is 9.72. The number of amides is 1. The van der Waals surface area contributed by atoms with Crippen molar-refractivity contribution in [2.24, 2.45) is 0 Å². The molecule has 0 fully saturated rings. The minimum atomic E-state index is -4.24. The first-order chi connectivity index (χ1) is 14.9. The minimum Gasteiger partial charge on any atom is -0.495 e. The van der Waals surface area contributed by atoms with Crippen LogP contribution in [0.1, 0.15) is 0 Å². The molecule has 0 aliphatic heterocycles. The van der Waals surface area contributed by atoms with E-state index in [2.05, 4.69) is 0 Å². The molecular formula is C22H20ClNO6S. The standard InChI is InChI=1S/C22H20ClNO6S/c1-28-19-13-12-16(14-18(19)23)24(31(26,27)17-8-4-3-5-9-17)22(25)15-30-21-11-7-6-10-20(21)29-2/h3-14H,15H2,1-2H3. The monoisotopic (exact) mass is 461 g/mol. The van der Waals surface area contributed by atoms with Gasteiger partial charge in [-0.25, -0.2) is 8.42 Å². The lowest BCUT2D eigenvalue weighted by Crippen LogP contribution is -2.40. The normalized spacial score (nSPS) is 10.9. The molecule has 0 aromatic heterocycles. The first kappa shape index (κ1) is 22.5. The van der Waals surface area contributed by atoms with Crippen LogP contribution in [-0.4, -0.2) is 35.2 Å². The molecule has 1 amide bonds. The second-order valence-corrected chi connectivity index (χ2v) is 8.43. The summed E-state index contributed by atoms with van der Waals surface area (Å²) in [5, 5.41) is 0.159. The Morgan fingerprint density at radius 1 is 0.871 bits per heavy atom. The highest BCUT2D eigenvalue weighted by Crippen LogP contribution is 2.32. The van der Waals surface area contributed by atoms with Gasteiger partial charge < -0.3 is 14.2 Å². The molecule has 0 N–H and O–H groups in total. The molecule has 31 heavy (non-hydrogen) atoms. The van der Waals surface area contributed by atoms with E-state index in [1.54, 1.807) is 42.5 Å². The lowest BCUT2D eigenvalue weighted by atomic mass is 10.3. The van der Waals surface area contributed by atoms with Crippen molar-refractivity contribution in [3.63, 3.8) is 0 Å². The molecule has 162 valence electrons. The van der Waals surface area contributed by atoms with E-state index in [-0.39, 0.29) is 15.6 Å². The van der Waals surface area contributed by atoms with Crippen LogP contribution >= 0.6 is 11.6 Å². The van der Waals surface area contributed by atoms with E-state index in [1.165, 1.54) is 44.6 Å². The SMILES string of the molecule is COc1ccc(N(C(=O)COc2ccccc2OC)S(=O)(=O)c2ccccc2)cc1Cl. The number of methoxy groups -OCH3 is 2. The van der Waals surface area contributed by atoms with E-state index in [0.29, 0.717) is 21.6 Å². The molecule has 0 aliphatic carbocycles. The third-order valence-electron chi connectivity index (χ3n) is 4.30. The van der Waals surface area contributed by atoms with Crippen LogP contribution < -0.4 is 18.5 Å². The number of ether oxygens (including phenoxy) is 3. The molecule has 0 aliphatic rings. The molecule has 3 rings (SSSR count). The number of rotatable bonds is 8. The van der Waals surface area contributed by atoms with E-state index >= 15 is 0 Å². The van der Waals surface area contributed by atoms with E-state index in [4.69, 9.17) is 25.8 Å². The molecule has 7 nitrogen and oxygen atoms in total. The van der Waals surface area contributed by atoms with Crippen LogP contribution in [0, 0.1) is 0 Å². The van der Waals surface area contributed by atoms with Crippen LogP contribution in [0.3, 0.4) is 0 Å². The molecular weight excluding hydrogens is 442 g/mol. The van der Waals surface area contributed by atoms with Gasteiger partial charge in [0.1, 0.15) is 5.75 Å². The molecule has 0 saturated heterocycles. The third-order valence-corrected chi connectivity index (χ3v) is 6.36. The van der Waals surface area contributed by atoms with Crippen molar-refractivity contribution in [2.75, 3.05) is 25.1 Å². The first-order valence-corrected chi connectivity index (χ1v) is 10.9. The van der Waals surface area contributed by atoms with Gasteiger partial charge in [-0.05, 0) is 42.5 Å². The van der Waals surface area contributed by atoms with Gasteiger partial charge in [-0.1, -0.05) is 41.9 Å². The third kappa shape index (κ3) is 4.92. The quantitative estimate of drug-likeness (QED) is 0.501. The van der Waals surface area contributed by atoms with Crippen LogP contribution in [0.25, 0.3) is 0 Å². The van der Waals surface area contributed by atoms with Crippen molar-refractivity contribution in [1.82, 2.24) is 0 Å². The van der Waals surface area contributed by atoms with Crippen LogP contribution in [0.5, 0.6) is 17.2 Å². The van der Waals surface area contributed by atoms with Gasteiger partial charge in [0.2, 0.25) is 0 Å². The highest BCUT2D eigenvalue weighted by Gasteiger charge is 2.32. The molecule has 3 aromatic rings. The molecule has 0 unspecified atom stereocenters. The molecule has 0 saturated carbocycles. The summed E-state index contributed by atoms with van der Waals surface area (Å²) in [7, 11) is -1.33. The number of hydrogen-bond donors (Lipinski definition) is 0. The summed E-state index contributed by atoms with van der Waals surface area (Å²) < 4.78 is 43.2. The summed E-state index contributed by atoms with van der Waals surface area (Å²) in [6.07, 6.45) is 0. The Hall–Kier alpha value is -3.23. The number of benzene rings is 3. The number of para-hydroxylation sites is 2. The zero-order valence-electron chi connectivity index (χ0n) is 16.8. The number of nitrogens with zero attached hydrogens (tertiary/aromatic N) is 1. The largest absolute Gasteiger partial charge is 0.495 e. The number of carbonyl (C=O) groups is 1. The maximum atomic E-state index is 13.3. The number of halogens is 1. The minimum absolute atomic E-state index is 0.0485. The Balaban J connectivity index is 1.99. The average Bonchev–Trinajstić information content (AvgIpc) is 2.78. The number of sulfonamides is 1. The van der Waals surface area contributed by atoms with Gasteiger partial charge in [0.15, 0.2) is 18.1 Å². The predicted octanol–water partition coefficient (Wildman–Crippen LogP) is 4.16. The fourth-order valence-corrected chi connectivity index (χ4v) is 4.51. The molecule has 0 atom stereocenters. The Labute approximate surface area is 185 Å². The lowest BCUT2D eigenvalue weighted by Gasteiger charge is -2.23. The van der Waals surface area contributed by atoms with Crippen molar-refractivity contribution in [2.45, 2.75) is 4.90 Å². The first-order valence-electron chi connectivity index (χ1n) is 9.11. The molecule has 0 spiro atoms. The van der Waals surface area contributed by atoms with Gasteiger partial charge >= 0.3 is 0 Å². The molecule has 0 heterocycles. The lowest BCUT2D eigenvalue weighted by molar-refractivity contribution is -0.119. The Morgan fingerprint density at radius 3 is 2.10 bits per heavy atom. The van der Waals surface area contributed by atoms with Crippen molar-refractivity contribution in [1.29, 1.82) is 0 Å². The van der Waals surface area contributed by atoms with Crippen LogP contribution in [0.15, 0.2) is 77.7 Å². The van der Waals surface area contributed by atoms with Crippen LogP contribution in [-0.2, 0) is 14.8 Å². The fourth-order valence-electron chi connectivity index (χ4n) is 2.83. The summed E-state index contributed by atoms with van der Waals surface area (Å²) in [5.41, 5.74) is 0.0586. The molecule has 0 radical (unpaired) electrons. The fraction of sp³-hybridized carbons (Fsp3) is 0.136. The smallest absolute Gasteiger partial charge is 0.278 e. The maximum Gasteiger partial charge on any atom is 0.278 e. The Morgan fingerprint density at radius 2 is 1.48 bits per heavy atom. The predicted molar refractivity (Wildman–Crippen MR) is 118 cm³/mol. The van der Waals surface area contributed by atoms with Gasteiger partial charge in [-0.3, -0.25) is 4.79 Å². The van der Waals surface area contributed by atoms with E-state index in [1.807, 2.05) is 0 Å². The van der Waals surface area contributed by atoms with Crippen molar-refractivity contribution in [3.8, 4) is 17.2 Å². The highest BCUT2D eigenvalue weighted by atomic mass is 35.5. The van der Waals surface area contributed by atoms with Gasteiger partial charge in [0.05, 0.1) is 29.8 Å². The molecule has 9 heteroatoms. The summed E-state index contributed by atoms with van der Waals surface area (Å²) in [6, 6.07) is 18.7. The van der Waals surface area contributed by atoms with Crippen LogP contribution in [0.4, 0.5) is 5.69 Å². The van der Waals surface area contributed by atoms with Crippen molar-refractivity contribution >= 4 is 33.2 Å². The van der Waals surface area contributed by atoms with Crippen molar-refractivity contribution in [3.05, 3.63) is 77.8 Å². The van der Waals surface area contributed by atoms with Gasteiger partial charge in [0.25, 0.3) is 15.9 Å². The summed E-state index contributed by atoms with van der Waals surface area (Å²) in [6.45, 7) is -0.546. The molecule has 0 bridgehead atoms. The summed E-state index contributed by atoms with van der Waals surface area (Å²) in [4.78, 5) is 13.1. The Kier molecular flexibility index (Phi) is 7.04.